The Morgan fingerprint density at radius 2 is 1.35 bits per heavy atom. The molecule has 5 rings (SSSR count). The highest BCUT2D eigenvalue weighted by Crippen LogP contribution is 2.30. The molecule has 1 heterocycles. The van der Waals surface area contributed by atoms with Crippen LogP contribution in [-0.2, 0) is 14.8 Å². The third-order valence-electron chi connectivity index (χ3n) is 7.01. The highest BCUT2D eigenvalue weighted by molar-refractivity contribution is 7.89. The van der Waals surface area contributed by atoms with E-state index in [-0.39, 0.29) is 0 Å². The predicted octanol–water partition coefficient (Wildman–Crippen LogP) is 6.20. The normalized spacial score (nSPS) is 17.0. The Hall–Kier alpha value is -4.23. The first kappa shape index (κ1) is 31.7. The summed E-state index contributed by atoms with van der Waals surface area (Å²) in [5, 5.41) is 15.0. The number of hydrogen-bond donors (Lipinski definition) is 4. The lowest BCUT2D eigenvalue weighted by Crippen LogP contribution is -2.32. The number of carbonyl (C=O) groups is 1. The number of nitrogens with zero attached hydrogens (tertiary/aromatic N) is 2. The smallest absolute Gasteiger partial charge is 0.475 e. The van der Waals surface area contributed by atoms with Gasteiger partial charge in [-0.1, -0.05) is 48.5 Å². The number of benzene rings is 3. The fourth-order valence-electron chi connectivity index (χ4n) is 4.70. The summed E-state index contributed by atoms with van der Waals surface area (Å²) in [5.41, 5.74) is 1.87. The third kappa shape index (κ3) is 9.38. The molecule has 4 aromatic rings. The van der Waals surface area contributed by atoms with Crippen LogP contribution in [-0.4, -0.2) is 48.7 Å². The van der Waals surface area contributed by atoms with Crippen LogP contribution in [0, 0.1) is 11.8 Å². The molecule has 43 heavy (non-hydrogen) atoms. The van der Waals surface area contributed by atoms with E-state index >= 15 is 0 Å². The van der Waals surface area contributed by atoms with Gasteiger partial charge in [-0.25, -0.2) is 22.9 Å². The van der Waals surface area contributed by atoms with E-state index in [1.54, 1.807) is 24.3 Å². The minimum Gasteiger partial charge on any atom is -0.475 e. The highest BCUT2D eigenvalue weighted by Gasteiger charge is 2.38. The van der Waals surface area contributed by atoms with Crippen LogP contribution in [0.3, 0.4) is 0 Å². The summed E-state index contributed by atoms with van der Waals surface area (Å²) in [6.07, 6.45) is -0.979. The SMILES string of the molecule is O=C(O)C(F)(F)F.O=S(=O)(NCC1CCC(CNc2nc(Nc3ccccc3)c3ccccc3n2)CC1)c1ccccc1. The summed E-state index contributed by atoms with van der Waals surface area (Å²) < 4.78 is 59.5. The van der Waals surface area contributed by atoms with E-state index in [0.717, 1.165) is 54.6 Å². The molecule has 1 aromatic heterocycles. The lowest BCUT2D eigenvalue weighted by molar-refractivity contribution is -0.192. The Bertz CT molecular complexity index is 1600. The lowest BCUT2D eigenvalue weighted by atomic mass is 9.82. The molecule has 0 spiro atoms. The van der Waals surface area contributed by atoms with Crippen LogP contribution >= 0.6 is 0 Å². The van der Waals surface area contributed by atoms with Crippen molar-refractivity contribution >= 4 is 44.3 Å². The van der Waals surface area contributed by atoms with Gasteiger partial charge < -0.3 is 15.7 Å². The topological polar surface area (TPSA) is 133 Å². The Kier molecular flexibility index (Phi) is 10.5. The van der Waals surface area contributed by atoms with Crippen LogP contribution in [0.2, 0.25) is 0 Å². The van der Waals surface area contributed by atoms with Gasteiger partial charge in [-0.15, -0.1) is 0 Å². The largest absolute Gasteiger partial charge is 0.490 e. The number of aromatic nitrogens is 2. The number of carboxylic acids is 1. The van der Waals surface area contributed by atoms with Crippen molar-refractivity contribution in [3.05, 3.63) is 84.9 Å². The quantitative estimate of drug-likeness (QED) is 0.175. The fraction of sp³-hybridized carbons (Fsp3) is 0.300. The summed E-state index contributed by atoms with van der Waals surface area (Å²) in [6, 6.07) is 26.6. The molecule has 0 saturated heterocycles. The molecule has 13 heteroatoms. The van der Waals surface area contributed by atoms with E-state index in [0.29, 0.717) is 29.2 Å². The number of aliphatic carboxylic acids is 1. The van der Waals surface area contributed by atoms with Gasteiger partial charge in [0.25, 0.3) is 0 Å². The second-order valence-electron chi connectivity index (χ2n) is 10.1. The number of fused-ring (bicyclic) bond motifs is 1. The molecule has 0 bridgehead atoms. The van der Waals surface area contributed by atoms with Crippen molar-refractivity contribution in [1.29, 1.82) is 0 Å². The monoisotopic (exact) mass is 615 g/mol. The molecule has 0 amide bonds. The number of rotatable bonds is 9. The van der Waals surface area contributed by atoms with Gasteiger partial charge in [0, 0.05) is 24.2 Å². The van der Waals surface area contributed by atoms with Gasteiger partial charge in [-0.05, 0) is 73.9 Å². The molecule has 228 valence electrons. The zero-order valence-electron chi connectivity index (χ0n) is 23.1. The Morgan fingerprint density at radius 1 is 0.814 bits per heavy atom. The predicted molar refractivity (Wildman–Crippen MR) is 159 cm³/mol. The maximum Gasteiger partial charge on any atom is 0.490 e. The van der Waals surface area contributed by atoms with E-state index in [9.17, 15) is 21.6 Å². The summed E-state index contributed by atoms with van der Waals surface area (Å²) in [7, 11) is -3.45. The molecule has 1 aliphatic rings. The molecular weight excluding hydrogens is 583 g/mol. The summed E-state index contributed by atoms with van der Waals surface area (Å²) in [4.78, 5) is 18.7. The van der Waals surface area contributed by atoms with Gasteiger partial charge in [0.05, 0.1) is 10.4 Å². The first-order valence-electron chi connectivity index (χ1n) is 13.7. The number of halogens is 3. The Balaban J connectivity index is 0.000000541. The van der Waals surface area contributed by atoms with Crippen LogP contribution in [0.4, 0.5) is 30.6 Å². The van der Waals surface area contributed by atoms with Crippen molar-refractivity contribution in [2.45, 2.75) is 36.8 Å². The minimum absolute atomic E-state index is 0.319. The van der Waals surface area contributed by atoms with Crippen molar-refractivity contribution < 1.29 is 31.5 Å². The second-order valence-corrected chi connectivity index (χ2v) is 11.9. The lowest BCUT2D eigenvalue weighted by Gasteiger charge is -2.28. The summed E-state index contributed by atoms with van der Waals surface area (Å²) in [6.45, 7) is 1.28. The number of para-hydroxylation sites is 2. The standard InChI is InChI=1S/C28H31N5O2S.C2HF3O2/c34-36(35,24-11-5-2-6-12-24)30-20-22-17-15-21(16-18-22)19-29-28-32-26-14-8-7-13-25(26)27(33-28)31-23-9-3-1-4-10-23;3-2(4,5)1(6)7/h1-14,21-22,30H,15-20H2,(H2,29,31,32,33);(H,6,7). The van der Waals surface area contributed by atoms with Gasteiger partial charge in [0.15, 0.2) is 0 Å². The summed E-state index contributed by atoms with van der Waals surface area (Å²) in [5.74, 6) is -0.494. The fourth-order valence-corrected chi connectivity index (χ4v) is 5.83. The van der Waals surface area contributed by atoms with Crippen molar-refractivity contribution in [1.82, 2.24) is 14.7 Å². The van der Waals surface area contributed by atoms with Crippen molar-refractivity contribution in [3.8, 4) is 0 Å². The van der Waals surface area contributed by atoms with Gasteiger partial charge in [0.1, 0.15) is 5.82 Å². The zero-order valence-corrected chi connectivity index (χ0v) is 23.9. The molecule has 9 nitrogen and oxygen atoms in total. The average molecular weight is 616 g/mol. The number of hydrogen-bond acceptors (Lipinski definition) is 7. The molecule has 0 atom stereocenters. The zero-order chi connectivity index (χ0) is 30.9. The molecule has 0 unspecified atom stereocenters. The number of carboxylic acid groups (broad SMARTS) is 1. The van der Waals surface area contributed by atoms with E-state index < -0.39 is 22.2 Å². The second kappa shape index (κ2) is 14.3. The Labute approximate surface area is 247 Å². The van der Waals surface area contributed by atoms with Crippen molar-refractivity contribution in [2.24, 2.45) is 11.8 Å². The Morgan fingerprint density at radius 3 is 1.95 bits per heavy atom. The van der Waals surface area contributed by atoms with E-state index in [2.05, 4.69) is 15.4 Å². The summed E-state index contributed by atoms with van der Waals surface area (Å²) >= 11 is 0. The molecule has 0 radical (unpaired) electrons. The van der Waals surface area contributed by atoms with Gasteiger partial charge >= 0.3 is 12.1 Å². The van der Waals surface area contributed by atoms with E-state index in [1.165, 1.54) is 0 Å². The number of sulfonamides is 1. The highest BCUT2D eigenvalue weighted by atomic mass is 32.2. The maximum absolute atomic E-state index is 12.5. The van der Waals surface area contributed by atoms with Crippen molar-refractivity contribution in [3.63, 3.8) is 0 Å². The van der Waals surface area contributed by atoms with Crippen LogP contribution in [0.5, 0.6) is 0 Å². The third-order valence-corrected chi connectivity index (χ3v) is 8.45. The molecule has 0 aliphatic heterocycles. The van der Waals surface area contributed by atoms with E-state index in [4.69, 9.17) is 19.9 Å². The van der Waals surface area contributed by atoms with Crippen LogP contribution < -0.4 is 15.4 Å². The molecular formula is C30H32F3N5O4S. The van der Waals surface area contributed by atoms with Gasteiger partial charge in [0.2, 0.25) is 16.0 Å². The van der Waals surface area contributed by atoms with Crippen LogP contribution in [0.25, 0.3) is 10.9 Å². The van der Waals surface area contributed by atoms with Crippen LogP contribution in [0.1, 0.15) is 25.7 Å². The van der Waals surface area contributed by atoms with Crippen LogP contribution in [0.15, 0.2) is 89.8 Å². The van der Waals surface area contributed by atoms with Gasteiger partial charge in [-0.3, -0.25) is 0 Å². The minimum atomic E-state index is -5.08. The van der Waals surface area contributed by atoms with Crippen molar-refractivity contribution in [2.75, 3.05) is 23.7 Å². The first-order valence-corrected chi connectivity index (χ1v) is 15.2. The molecule has 4 N–H and O–H groups in total. The first-order chi connectivity index (χ1) is 20.5. The number of anilines is 3. The molecule has 3 aromatic carbocycles. The average Bonchev–Trinajstić information content (AvgIpc) is 3.00. The van der Waals surface area contributed by atoms with Gasteiger partial charge in [-0.2, -0.15) is 18.2 Å². The number of alkyl halides is 3. The molecule has 1 saturated carbocycles. The maximum atomic E-state index is 12.5. The number of nitrogens with one attached hydrogen (secondary N) is 3. The molecule has 1 aliphatic carbocycles. The van der Waals surface area contributed by atoms with E-state index in [1.807, 2.05) is 60.7 Å². The molecule has 1 fully saturated rings.